The number of carbonyl (C=O) groups excluding carboxylic acids is 2. The Morgan fingerprint density at radius 1 is 1.24 bits per heavy atom. The lowest BCUT2D eigenvalue weighted by atomic mass is 10.3. The van der Waals surface area contributed by atoms with Crippen molar-refractivity contribution in [2.45, 2.75) is 4.34 Å². The largest absolute Gasteiger partial charge is 0.549 e. The fourth-order valence-electron chi connectivity index (χ4n) is 1.23. The van der Waals surface area contributed by atoms with E-state index in [9.17, 15) is 14.7 Å². The molecule has 0 bridgehead atoms. The average molecular weight is 344 g/mol. The predicted molar refractivity (Wildman–Crippen MR) is 79.7 cm³/mol. The average Bonchev–Trinajstić information content (AvgIpc) is 2.86. The highest BCUT2D eigenvalue weighted by Crippen LogP contribution is 2.25. The Hall–Kier alpha value is -1.84. The number of hydrogen-bond acceptors (Lipinski definition) is 7. The van der Waals surface area contributed by atoms with Gasteiger partial charge in [-0.05, 0) is 24.3 Å². The SMILES string of the molecule is O=C([O-])CSc1nnc(NC(=O)Nc2ccc(Cl)cc2)s1. The second-order valence-electron chi connectivity index (χ2n) is 3.62. The van der Waals surface area contributed by atoms with Crippen LogP contribution in [0.5, 0.6) is 0 Å². The first-order valence-electron chi connectivity index (χ1n) is 5.52. The summed E-state index contributed by atoms with van der Waals surface area (Å²) in [5.74, 6) is -1.41. The number of rotatable bonds is 5. The van der Waals surface area contributed by atoms with Crippen molar-refractivity contribution >= 4 is 57.5 Å². The molecule has 2 aromatic rings. The molecule has 0 radical (unpaired) electrons. The van der Waals surface area contributed by atoms with Crippen molar-refractivity contribution in [2.24, 2.45) is 0 Å². The van der Waals surface area contributed by atoms with Gasteiger partial charge in [0.05, 0.1) is 5.97 Å². The lowest BCUT2D eigenvalue weighted by Crippen LogP contribution is -2.24. The van der Waals surface area contributed by atoms with E-state index in [0.717, 1.165) is 23.1 Å². The lowest BCUT2D eigenvalue weighted by molar-refractivity contribution is -0.301. The number of nitrogens with zero attached hydrogens (tertiary/aromatic N) is 2. The van der Waals surface area contributed by atoms with Crippen molar-refractivity contribution in [3.63, 3.8) is 0 Å². The molecule has 1 aromatic heterocycles. The summed E-state index contributed by atoms with van der Waals surface area (Å²) in [4.78, 5) is 22.0. The number of anilines is 2. The van der Waals surface area contributed by atoms with E-state index in [1.807, 2.05) is 0 Å². The van der Waals surface area contributed by atoms with Crippen molar-refractivity contribution in [1.29, 1.82) is 0 Å². The van der Waals surface area contributed by atoms with Gasteiger partial charge in [-0.2, -0.15) is 0 Å². The number of halogens is 1. The fourth-order valence-corrected chi connectivity index (χ4v) is 2.82. The third-order valence-corrected chi connectivity index (χ3v) is 4.24. The summed E-state index contributed by atoms with van der Waals surface area (Å²) in [5, 5.41) is 23.7. The van der Waals surface area contributed by atoms with Gasteiger partial charge in [0.25, 0.3) is 0 Å². The second kappa shape index (κ2) is 7.25. The molecule has 0 saturated carbocycles. The Bertz CT molecular complexity index is 647. The van der Waals surface area contributed by atoms with E-state index in [2.05, 4.69) is 20.8 Å². The molecular formula is C11H8ClN4O3S2-. The Morgan fingerprint density at radius 2 is 1.95 bits per heavy atom. The number of aliphatic carboxylic acids is 1. The lowest BCUT2D eigenvalue weighted by Gasteiger charge is -2.04. The molecule has 0 aliphatic carbocycles. The topological polar surface area (TPSA) is 107 Å². The van der Waals surface area contributed by atoms with Crippen molar-refractivity contribution in [3.05, 3.63) is 29.3 Å². The van der Waals surface area contributed by atoms with Gasteiger partial charge in [0.2, 0.25) is 5.13 Å². The molecule has 2 rings (SSSR count). The number of thioether (sulfide) groups is 1. The van der Waals surface area contributed by atoms with Gasteiger partial charge in [-0.3, -0.25) is 5.32 Å². The van der Waals surface area contributed by atoms with Crippen LogP contribution in [0, 0.1) is 0 Å². The van der Waals surface area contributed by atoms with Gasteiger partial charge in [-0.25, -0.2) is 4.79 Å². The van der Waals surface area contributed by atoms with Crippen LogP contribution in [0.2, 0.25) is 5.02 Å². The summed E-state index contributed by atoms with van der Waals surface area (Å²) in [5.41, 5.74) is 0.577. The van der Waals surface area contributed by atoms with Crippen LogP contribution in [-0.2, 0) is 4.79 Å². The summed E-state index contributed by atoms with van der Waals surface area (Å²) in [6.07, 6.45) is 0. The number of carboxylic acid groups (broad SMARTS) is 1. The maximum absolute atomic E-state index is 11.7. The van der Waals surface area contributed by atoms with Crippen LogP contribution in [0.1, 0.15) is 0 Å². The Morgan fingerprint density at radius 3 is 2.62 bits per heavy atom. The van der Waals surface area contributed by atoms with E-state index in [0.29, 0.717) is 15.0 Å². The summed E-state index contributed by atoms with van der Waals surface area (Å²) in [6, 6.07) is 6.13. The number of urea groups is 1. The molecule has 0 saturated heterocycles. The van der Waals surface area contributed by atoms with E-state index < -0.39 is 12.0 Å². The third-order valence-electron chi connectivity index (χ3n) is 2.04. The molecule has 1 heterocycles. The molecule has 110 valence electrons. The summed E-state index contributed by atoms with van der Waals surface area (Å²) in [6.45, 7) is 0. The molecule has 21 heavy (non-hydrogen) atoms. The summed E-state index contributed by atoms with van der Waals surface area (Å²) < 4.78 is 0.431. The molecule has 0 unspecified atom stereocenters. The molecule has 7 nitrogen and oxygen atoms in total. The van der Waals surface area contributed by atoms with E-state index in [1.54, 1.807) is 24.3 Å². The molecule has 2 amide bonds. The molecule has 0 aliphatic rings. The number of nitrogens with one attached hydrogen (secondary N) is 2. The van der Waals surface area contributed by atoms with Crippen molar-refractivity contribution < 1.29 is 14.7 Å². The standard InChI is InChI=1S/C11H9ClN4O3S2/c12-6-1-3-7(4-2-6)13-9(19)14-10-15-16-11(21-10)20-5-8(17)18/h1-4H,5H2,(H,17,18)(H2,13,14,15,19)/p-1. The molecule has 0 aliphatic heterocycles. The smallest absolute Gasteiger partial charge is 0.325 e. The highest BCUT2D eigenvalue weighted by molar-refractivity contribution is 8.01. The molecule has 0 spiro atoms. The first-order valence-corrected chi connectivity index (χ1v) is 7.70. The van der Waals surface area contributed by atoms with E-state index in [1.165, 1.54) is 0 Å². The Labute approximate surface area is 132 Å². The zero-order chi connectivity index (χ0) is 15.2. The number of amides is 2. The van der Waals surface area contributed by atoms with E-state index in [4.69, 9.17) is 11.6 Å². The monoisotopic (exact) mass is 343 g/mol. The van der Waals surface area contributed by atoms with Gasteiger partial charge >= 0.3 is 6.03 Å². The van der Waals surface area contributed by atoms with Crippen LogP contribution >= 0.6 is 34.7 Å². The quantitative estimate of drug-likeness (QED) is 0.631. The normalized spacial score (nSPS) is 10.1. The zero-order valence-corrected chi connectivity index (χ0v) is 12.7. The van der Waals surface area contributed by atoms with Crippen LogP contribution in [-0.4, -0.2) is 28.0 Å². The number of hydrogen-bond donors (Lipinski definition) is 2. The Kier molecular flexibility index (Phi) is 5.37. The number of aromatic nitrogens is 2. The third kappa shape index (κ3) is 5.21. The maximum Gasteiger partial charge on any atom is 0.325 e. The van der Waals surface area contributed by atoms with Crippen LogP contribution in [0.3, 0.4) is 0 Å². The van der Waals surface area contributed by atoms with Crippen LogP contribution in [0.15, 0.2) is 28.6 Å². The van der Waals surface area contributed by atoms with Crippen LogP contribution in [0.25, 0.3) is 0 Å². The molecular weight excluding hydrogens is 336 g/mol. The van der Waals surface area contributed by atoms with Gasteiger partial charge in [-0.1, -0.05) is 34.7 Å². The molecule has 2 N–H and O–H groups in total. The van der Waals surface area contributed by atoms with Crippen LogP contribution < -0.4 is 15.7 Å². The fraction of sp³-hybridized carbons (Fsp3) is 0.0909. The molecule has 0 fully saturated rings. The van der Waals surface area contributed by atoms with Crippen LogP contribution in [0.4, 0.5) is 15.6 Å². The first-order chi connectivity index (χ1) is 10.0. The number of carbonyl (C=O) groups is 2. The minimum absolute atomic E-state index is 0.217. The van der Waals surface area contributed by atoms with Gasteiger partial charge in [-0.15, -0.1) is 10.2 Å². The van der Waals surface area contributed by atoms with E-state index >= 15 is 0 Å². The minimum Gasteiger partial charge on any atom is -0.549 e. The molecule has 0 atom stereocenters. The molecule has 10 heteroatoms. The van der Waals surface area contributed by atoms with Gasteiger partial charge in [0.15, 0.2) is 4.34 Å². The minimum atomic E-state index is -1.19. The van der Waals surface area contributed by atoms with Crippen molar-refractivity contribution in [3.8, 4) is 0 Å². The molecule has 1 aromatic carbocycles. The van der Waals surface area contributed by atoms with Crippen molar-refractivity contribution in [2.75, 3.05) is 16.4 Å². The predicted octanol–water partition coefficient (Wildman–Crippen LogP) is 1.68. The van der Waals surface area contributed by atoms with Gasteiger partial charge in [0, 0.05) is 16.5 Å². The van der Waals surface area contributed by atoms with E-state index in [-0.39, 0.29) is 10.9 Å². The second-order valence-corrected chi connectivity index (χ2v) is 6.26. The summed E-state index contributed by atoms with van der Waals surface area (Å²) >= 11 is 7.79. The number of benzene rings is 1. The highest BCUT2D eigenvalue weighted by atomic mass is 35.5. The van der Waals surface area contributed by atoms with Gasteiger partial charge < -0.3 is 15.2 Å². The first kappa shape index (κ1) is 15.5. The summed E-state index contributed by atoms with van der Waals surface area (Å²) in [7, 11) is 0. The highest BCUT2D eigenvalue weighted by Gasteiger charge is 2.08. The Balaban J connectivity index is 1.87. The van der Waals surface area contributed by atoms with Crippen molar-refractivity contribution in [1.82, 2.24) is 10.2 Å². The number of carboxylic acids is 1. The van der Waals surface area contributed by atoms with Gasteiger partial charge in [0.1, 0.15) is 0 Å². The zero-order valence-electron chi connectivity index (χ0n) is 10.3. The maximum atomic E-state index is 11.7.